The first-order chi connectivity index (χ1) is 13.1. The first-order valence-electron chi connectivity index (χ1n) is 8.56. The van der Waals surface area contributed by atoms with Crippen LogP contribution in [0.3, 0.4) is 0 Å². The zero-order chi connectivity index (χ0) is 19.4. The number of aromatic nitrogens is 3. The van der Waals surface area contributed by atoms with Crippen LogP contribution < -0.4 is 16.4 Å². The second-order valence-corrected chi connectivity index (χ2v) is 5.97. The van der Waals surface area contributed by atoms with Gasteiger partial charge in [0, 0.05) is 33.0 Å². The maximum absolute atomic E-state index is 12.9. The van der Waals surface area contributed by atoms with Crippen molar-refractivity contribution < 1.29 is 14.6 Å². The van der Waals surface area contributed by atoms with Crippen molar-refractivity contribution in [2.24, 2.45) is 0 Å². The van der Waals surface area contributed by atoms with Crippen molar-refractivity contribution in [3.63, 3.8) is 0 Å². The van der Waals surface area contributed by atoms with E-state index in [1.54, 1.807) is 31.5 Å². The van der Waals surface area contributed by atoms with Gasteiger partial charge >= 0.3 is 0 Å². The number of rotatable bonds is 7. The molecule has 0 aliphatic heterocycles. The SMILES string of the molecule is COCCCNC(=O)c1cc2c(=O)n3ccccc3nc2n(CCO)c1=N. The molecule has 3 aromatic rings. The summed E-state index contributed by atoms with van der Waals surface area (Å²) in [6.45, 7) is 0.697. The molecule has 0 aliphatic carbocycles. The lowest BCUT2D eigenvalue weighted by atomic mass is 10.2. The minimum absolute atomic E-state index is 0.0512. The molecule has 0 unspecified atom stereocenters. The normalized spacial score (nSPS) is 11.2. The Hall–Kier alpha value is -3.04. The third kappa shape index (κ3) is 3.60. The maximum atomic E-state index is 12.9. The summed E-state index contributed by atoms with van der Waals surface area (Å²) in [7, 11) is 1.58. The van der Waals surface area contributed by atoms with Crippen molar-refractivity contribution in [2.45, 2.75) is 13.0 Å². The standard InChI is InChI=1S/C18H21N5O4/c1-27-10-4-6-20-17(25)12-11-13-16(23(8-9-24)15(12)19)21-14-5-2-3-7-22(14)18(13)26/h2-3,5,7,11,19,24H,4,6,8-10H2,1H3,(H,20,25). The van der Waals surface area contributed by atoms with Gasteiger partial charge in [0.15, 0.2) is 0 Å². The minimum atomic E-state index is -0.456. The number of aliphatic hydroxyl groups is 1. The predicted molar refractivity (Wildman–Crippen MR) is 98.7 cm³/mol. The molecule has 0 fully saturated rings. The van der Waals surface area contributed by atoms with E-state index in [4.69, 9.17) is 10.1 Å². The van der Waals surface area contributed by atoms with Crippen LogP contribution >= 0.6 is 0 Å². The Kier molecular flexibility index (Phi) is 5.63. The molecule has 0 saturated carbocycles. The van der Waals surface area contributed by atoms with Crippen molar-refractivity contribution in [3.8, 4) is 0 Å². The van der Waals surface area contributed by atoms with Gasteiger partial charge < -0.3 is 19.7 Å². The second kappa shape index (κ2) is 8.11. The Morgan fingerprint density at radius 1 is 1.41 bits per heavy atom. The van der Waals surface area contributed by atoms with E-state index < -0.39 is 5.91 Å². The van der Waals surface area contributed by atoms with E-state index in [0.29, 0.717) is 25.2 Å². The molecule has 0 radical (unpaired) electrons. The first kappa shape index (κ1) is 18.7. The molecular formula is C18H21N5O4. The lowest BCUT2D eigenvalue weighted by Gasteiger charge is -2.14. The van der Waals surface area contributed by atoms with Gasteiger partial charge in [-0.1, -0.05) is 6.07 Å². The second-order valence-electron chi connectivity index (χ2n) is 5.97. The molecule has 3 heterocycles. The van der Waals surface area contributed by atoms with Crippen LogP contribution in [-0.2, 0) is 11.3 Å². The molecule has 3 rings (SSSR count). The number of pyridine rings is 2. The van der Waals surface area contributed by atoms with Gasteiger partial charge in [0.25, 0.3) is 11.5 Å². The number of fused-ring (bicyclic) bond motifs is 2. The number of carbonyl (C=O) groups excluding carboxylic acids is 1. The van der Waals surface area contributed by atoms with Crippen molar-refractivity contribution in [1.29, 1.82) is 5.41 Å². The van der Waals surface area contributed by atoms with Gasteiger partial charge in [-0.3, -0.25) is 19.4 Å². The predicted octanol–water partition coefficient (Wildman–Crippen LogP) is -0.113. The van der Waals surface area contributed by atoms with E-state index in [9.17, 15) is 14.7 Å². The largest absolute Gasteiger partial charge is 0.395 e. The molecule has 3 aromatic heterocycles. The highest BCUT2D eigenvalue weighted by molar-refractivity contribution is 5.96. The van der Waals surface area contributed by atoms with Crippen LogP contribution in [0, 0.1) is 5.41 Å². The van der Waals surface area contributed by atoms with Gasteiger partial charge in [-0.15, -0.1) is 0 Å². The zero-order valence-corrected chi connectivity index (χ0v) is 14.9. The van der Waals surface area contributed by atoms with Gasteiger partial charge in [0.2, 0.25) is 0 Å². The Bertz CT molecular complexity index is 1100. The van der Waals surface area contributed by atoms with Crippen LogP contribution in [0.15, 0.2) is 35.3 Å². The molecule has 0 bridgehead atoms. The molecule has 0 saturated heterocycles. The van der Waals surface area contributed by atoms with Crippen LogP contribution in [0.25, 0.3) is 16.7 Å². The summed E-state index contributed by atoms with van der Waals surface area (Å²) in [5, 5.41) is 20.7. The molecule has 1 amide bonds. The topological polar surface area (TPSA) is 122 Å². The molecule has 9 nitrogen and oxygen atoms in total. The van der Waals surface area contributed by atoms with E-state index in [1.165, 1.54) is 15.0 Å². The summed E-state index contributed by atoms with van der Waals surface area (Å²) in [5.41, 5.74) is 0.311. The summed E-state index contributed by atoms with van der Waals surface area (Å²) < 4.78 is 7.71. The number of amides is 1. The average molecular weight is 371 g/mol. The lowest BCUT2D eigenvalue weighted by Crippen LogP contribution is -2.36. The Balaban J connectivity index is 2.18. The molecule has 9 heteroatoms. The Labute approximate surface area is 154 Å². The van der Waals surface area contributed by atoms with E-state index in [-0.39, 0.29) is 40.8 Å². The van der Waals surface area contributed by atoms with Gasteiger partial charge in [-0.2, -0.15) is 0 Å². The van der Waals surface area contributed by atoms with E-state index in [1.807, 2.05) is 0 Å². The molecule has 0 atom stereocenters. The fourth-order valence-corrected chi connectivity index (χ4v) is 2.89. The van der Waals surface area contributed by atoms with Crippen LogP contribution in [0.2, 0.25) is 0 Å². The molecular weight excluding hydrogens is 350 g/mol. The number of nitrogens with zero attached hydrogens (tertiary/aromatic N) is 3. The number of hydrogen-bond donors (Lipinski definition) is 3. The van der Waals surface area contributed by atoms with Crippen molar-refractivity contribution in [3.05, 3.63) is 51.9 Å². The van der Waals surface area contributed by atoms with Gasteiger partial charge in [-0.05, 0) is 24.6 Å². The van der Waals surface area contributed by atoms with Crippen molar-refractivity contribution in [1.82, 2.24) is 19.3 Å². The molecule has 142 valence electrons. The number of nitrogens with one attached hydrogen (secondary N) is 2. The Morgan fingerprint density at radius 3 is 2.96 bits per heavy atom. The third-order valence-corrected chi connectivity index (χ3v) is 4.20. The van der Waals surface area contributed by atoms with Crippen LogP contribution in [0.1, 0.15) is 16.8 Å². The summed E-state index contributed by atoms with van der Waals surface area (Å²) in [6, 6.07) is 6.55. The number of methoxy groups -OCH3 is 1. The van der Waals surface area contributed by atoms with Gasteiger partial charge in [0.1, 0.15) is 16.8 Å². The van der Waals surface area contributed by atoms with Crippen LogP contribution in [-0.4, -0.2) is 51.8 Å². The Morgan fingerprint density at radius 2 is 2.22 bits per heavy atom. The summed E-state index contributed by atoms with van der Waals surface area (Å²) in [5.74, 6) is -0.456. The molecule has 0 aliphatic rings. The van der Waals surface area contributed by atoms with Crippen LogP contribution in [0.4, 0.5) is 0 Å². The van der Waals surface area contributed by atoms with E-state index >= 15 is 0 Å². The highest BCUT2D eigenvalue weighted by Crippen LogP contribution is 2.10. The summed E-state index contributed by atoms with van der Waals surface area (Å²) in [6.07, 6.45) is 2.23. The van der Waals surface area contributed by atoms with E-state index in [0.717, 1.165) is 0 Å². The fraction of sp³-hybridized carbons (Fsp3) is 0.333. The quantitative estimate of drug-likeness (QED) is 0.395. The highest BCUT2D eigenvalue weighted by Gasteiger charge is 2.17. The number of hydrogen-bond acceptors (Lipinski definition) is 6. The molecule has 0 aromatic carbocycles. The minimum Gasteiger partial charge on any atom is -0.395 e. The molecule has 0 spiro atoms. The number of ether oxygens (including phenoxy) is 1. The maximum Gasteiger partial charge on any atom is 0.267 e. The number of carbonyl (C=O) groups is 1. The van der Waals surface area contributed by atoms with Crippen molar-refractivity contribution >= 4 is 22.6 Å². The monoisotopic (exact) mass is 371 g/mol. The number of aliphatic hydroxyl groups excluding tert-OH is 1. The lowest BCUT2D eigenvalue weighted by molar-refractivity contribution is 0.0946. The molecule has 27 heavy (non-hydrogen) atoms. The van der Waals surface area contributed by atoms with E-state index in [2.05, 4.69) is 10.3 Å². The highest BCUT2D eigenvalue weighted by atomic mass is 16.5. The third-order valence-electron chi connectivity index (χ3n) is 4.20. The summed E-state index contributed by atoms with van der Waals surface area (Å²) in [4.78, 5) is 29.8. The van der Waals surface area contributed by atoms with Crippen LogP contribution in [0.5, 0.6) is 0 Å². The summed E-state index contributed by atoms with van der Waals surface area (Å²) >= 11 is 0. The zero-order valence-electron chi connectivity index (χ0n) is 14.9. The van der Waals surface area contributed by atoms with Gasteiger partial charge in [0.05, 0.1) is 17.6 Å². The fourth-order valence-electron chi connectivity index (χ4n) is 2.89. The van der Waals surface area contributed by atoms with Crippen molar-refractivity contribution in [2.75, 3.05) is 26.9 Å². The smallest absolute Gasteiger partial charge is 0.267 e. The average Bonchev–Trinajstić information content (AvgIpc) is 2.67. The first-order valence-corrected chi connectivity index (χ1v) is 8.56. The van der Waals surface area contributed by atoms with Gasteiger partial charge in [-0.25, -0.2) is 4.98 Å². The molecule has 3 N–H and O–H groups in total.